The van der Waals surface area contributed by atoms with Gasteiger partial charge in [0.05, 0.1) is 6.04 Å². The van der Waals surface area contributed by atoms with E-state index in [-0.39, 0.29) is 17.8 Å². The van der Waals surface area contributed by atoms with Crippen LogP contribution in [-0.4, -0.2) is 41.9 Å². The summed E-state index contributed by atoms with van der Waals surface area (Å²) in [7, 11) is 0. The molecular formula is C23H28FN3O. The number of hydrogen-bond acceptors (Lipinski definition) is 3. The van der Waals surface area contributed by atoms with Gasteiger partial charge in [0, 0.05) is 39.0 Å². The molecule has 5 heteroatoms. The van der Waals surface area contributed by atoms with E-state index in [1.165, 1.54) is 17.2 Å². The molecule has 2 aliphatic heterocycles. The normalized spacial score (nSPS) is 24.5. The molecule has 4 rings (SSSR count). The molecule has 0 saturated carbocycles. The largest absolute Gasteiger partial charge is 0.335 e. The second kappa shape index (κ2) is 8.02. The van der Waals surface area contributed by atoms with E-state index in [1.807, 2.05) is 11.0 Å². The van der Waals surface area contributed by atoms with Crippen molar-refractivity contribution in [3.8, 4) is 0 Å². The number of nitrogens with two attached hydrogens (primary N) is 1. The van der Waals surface area contributed by atoms with E-state index in [2.05, 4.69) is 29.2 Å². The quantitative estimate of drug-likeness (QED) is 0.866. The summed E-state index contributed by atoms with van der Waals surface area (Å²) in [4.78, 5) is 16.6. The molecule has 3 atom stereocenters. The minimum absolute atomic E-state index is 0.0323. The van der Waals surface area contributed by atoms with Crippen LogP contribution in [0.3, 0.4) is 0 Å². The van der Waals surface area contributed by atoms with E-state index >= 15 is 0 Å². The average Bonchev–Trinajstić information content (AvgIpc) is 3.20. The smallest absolute Gasteiger partial charge is 0.219 e. The van der Waals surface area contributed by atoms with Gasteiger partial charge in [0.15, 0.2) is 0 Å². The number of hydrogen-bond donors (Lipinski definition) is 1. The highest BCUT2D eigenvalue weighted by molar-refractivity contribution is 5.74. The number of fused-ring (bicyclic) bond motifs is 1. The maximum atomic E-state index is 13.8. The Balaban J connectivity index is 1.49. The zero-order valence-electron chi connectivity index (χ0n) is 16.4. The summed E-state index contributed by atoms with van der Waals surface area (Å²) < 4.78 is 13.8. The van der Waals surface area contributed by atoms with Crippen molar-refractivity contribution in [2.24, 2.45) is 17.6 Å². The summed E-state index contributed by atoms with van der Waals surface area (Å²) in [6.45, 7) is 5.86. The lowest BCUT2D eigenvalue weighted by Gasteiger charge is -2.29. The summed E-state index contributed by atoms with van der Waals surface area (Å²) in [5.74, 6) is 0.624. The molecule has 0 spiro atoms. The molecule has 0 aromatic heterocycles. The average molecular weight is 381 g/mol. The van der Waals surface area contributed by atoms with Crippen molar-refractivity contribution in [1.82, 2.24) is 9.80 Å². The van der Waals surface area contributed by atoms with E-state index in [0.717, 1.165) is 38.2 Å². The maximum absolute atomic E-state index is 13.8. The van der Waals surface area contributed by atoms with Gasteiger partial charge in [-0.3, -0.25) is 9.69 Å². The minimum Gasteiger partial charge on any atom is -0.335 e. The Morgan fingerprint density at radius 2 is 1.86 bits per heavy atom. The van der Waals surface area contributed by atoms with Crippen LogP contribution in [-0.2, 0) is 17.8 Å². The third-order valence-corrected chi connectivity index (χ3v) is 6.20. The molecule has 2 fully saturated rings. The van der Waals surface area contributed by atoms with Crippen LogP contribution < -0.4 is 5.73 Å². The van der Waals surface area contributed by atoms with Crippen LogP contribution in [0.2, 0.25) is 0 Å². The lowest BCUT2D eigenvalue weighted by molar-refractivity contribution is -0.130. The van der Waals surface area contributed by atoms with Gasteiger partial charge in [-0.15, -0.1) is 0 Å². The van der Waals surface area contributed by atoms with Gasteiger partial charge >= 0.3 is 0 Å². The first-order valence-corrected chi connectivity index (χ1v) is 10.1. The number of amides is 1. The van der Waals surface area contributed by atoms with Crippen molar-refractivity contribution in [2.75, 3.05) is 26.2 Å². The van der Waals surface area contributed by atoms with Gasteiger partial charge in [-0.2, -0.15) is 0 Å². The summed E-state index contributed by atoms with van der Waals surface area (Å²) in [6.07, 6.45) is 0.907. The Morgan fingerprint density at radius 1 is 1.11 bits per heavy atom. The molecule has 4 nitrogen and oxygen atoms in total. The van der Waals surface area contributed by atoms with Gasteiger partial charge in [-0.05, 0) is 47.7 Å². The Morgan fingerprint density at radius 3 is 2.54 bits per heavy atom. The fraction of sp³-hybridized carbons (Fsp3) is 0.435. The van der Waals surface area contributed by atoms with Gasteiger partial charge in [-0.25, -0.2) is 4.39 Å². The Bertz CT molecular complexity index is 838. The second-order valence-electron chi connectivity index (χ2n) is 8.14. The van der Waals surface area contributed by atoms with Crippen LogP contribution in [0.25, 0.3) is 0 Å². The fourth-order valence-corrected chi connectivity index (χ4v) is 4.94. The Hall–Kier alpha value is -2.24. The van der Waals surface area contributed by atoms with Crippen LogP contribution in [0.1, 0.15) is 29.7 Å². The van der Waals surface area contributed by atoms with Gasteiger partial charge in [-0.1, -0.05) is 36.4 Å². The molecule has 0 radical (unpaired) electrons. The predicted octanol–water partition coefficient (Wildman–Crippen LogP) is 2.98. The molecule has 0 bridgehead atoms. The molecule has 2 aromatic rings. The van der Waals surface area contributed by atoms with Crippen molar-refractivity contribution >= 4 is 5.91 Å². The third kappa shape index (κ3) is 3.82. The van der Waals surface area contributed by atoms with Crippen molar-refractivity contribution in [2.45, 2.75) is 25.9 Å². The number of likely N-dealkylation sites (tertiary alicyclic amines) is 2. The number of carbonyl (C=O) groups is 1. The van der Waals surface area contributed by atoms with Crippen LogP contribution in [0, 0.1) is 17.7 Å². The van der Waals surface area contributed by atoms with Crippen LogP contribution in [0.5, 0.6) is 0 Å². The molecule has 148 valence electrons. The highest BCUT2D eigenvalue weighted by atomic mass is 19.1. The fourth-order valence-electron chi connectivity index (χ4n) is 4.94. The summed E-state index contributed by atoms with van der Waals surface area (Å²) in [5.41, 5.74) is 9.11. The van der Waals surface area contributed by atoms with E-state index in [0.29, 0.717) is 18.4 Å². The van der Waals surface area contributed by atoms with Crippen LogP contribution in [0.15, 0.2) is 48.5 Å². The third-order valence-electron chi connectivity index (χ3n) is 6.20. The van der Waals surface area contributed by atoms with E-state index < -0.39 is 0 Å². The molecule has 0 aliphatic carbocycles. The molecule has 0 unspecified atom stereocenters. The maximum Gasteiger partial charge on any atom is 0.219 e. The molecule has 2 aromatic carbocycles. The number of nitrogens with zero attached hydrogens (tertiary/aromatic N) is 2. The van der Waals surface area contributed by atoms with Crippen molar-refractivity contribution < 1.29 is 9.18 Å². The number of benzene rings is 2. The predicted molar refractivity (Wildman–Crippen MR) is 108 cm³/mol. The Kier molecular flexibility index (Phi) is 5.47. The number of rotatable bonds is 5. The first-order chi connectivity index (χ1) is 13.5. The molecule has 2 aliphatic rings. The first-order valence-electron chi connectivity index (χ1n) is 10.1. The van der Waals surface area contributed by atoms with Crippen molar-refractivity contribution in [3.05, 3.63) is 71.0 Å². The lowest BCUT2D eigenvalue weighted by Crippen LogP contribution is -2.34. The topological polar surface area (TPSA) is 49.6 Å². The lowest BCUT2D eigenvalue weighted by atomic mass is 9.89. The van der Waals surface area contributed by atoms with Gasteiger partial charge < -0.3 is 10.6 Å². The summed E-state index contributed by atoms with van der Waals surface area (Å²) in [6, 6.07) is 15.4. The van der Waals surface area contributed by atoms with Crippen molar-refractivity contribution in [1.29, 1.82) is 0 Å². The van der Waals surface area contributed by atoms with Crippen LogP contribution >= 0.6 is 0 Å². The number of halogens is 1. The SMILES string of the molecule is CC(=O)N1C[C@H]2CN(Cc3ccc(CCN)cc3)C[C@H]2[C@@H]1c1cccc(F)c1. The minimum atomic E-state index is -0.239. The molecule has 28 heavy (non-hydrogen) atoms. The summed E-state index contributed by atoms with van der Waals surface area (Å²) >= 11 is 0. The van der Waals surface area contributed by atoms with E-state index in [1.54, 1.807) is 19.1 Å². The number of carbonyl (C=O) groups excluding carboxylic acids is 1. The highest BCUT2D eigenvalue weighted by Gasteiger charge is 2.48. The second-order valence-corrected chi connectivity index (χ2v) is 8.14. The Labute approximate surface area is 166 Å². The van der Waals surface area contributed by atoms with E-state index in [9.17, 15) is 9.18 Å². The molecule has 2 saturated heterocycles. The monoisotopic (exact) mass is 381 g/mol. The zero-order valence-corrected chi connectivity index (χ0v) is 16.4. The van der Waals surface area contributed by atoms with Crippen LogP contribution in [0.4, 0.5) is 4.39 Å². The van der Waals surface area contributed by atoms with Gasteiger partial charge in [0.2, 0.25) is 5.91 Å². The van der Waals surface area contributed by atoms with E-state index in [4.69, 9.17) is 5.73 Å². The molecule has 1 amide bonds. The van der Waals surface area contributed by atoms with Gasteiger partial charge in [0.1, 0.15) is 5.82 Å². The zero-order chi connectivity index (χ0) is 19.7. The standard InChI is InChI=1S/C23H28FN3O/c1-16(28)27-14-20-13-26(12-18-7-5-17(6-8-18)9-10-25)15-22(20)23(27)19-3-2-4-21(24)11-19/h2-8,11,20,22-23H,9-10,12-15,25H2,1H3/t20-,22-,23+/m1/s1. The molecule has 2 N–H and O–H groups in total. The van der Waals surface area contributed by atoms with Crippen molar-refractivity contribution in [3.63, 3.8) is 0 Å². The highest BCUT2D eigenvalue weighted by Crippen LogP contribution is 2.45. The first kappa shape index (κ1) is 19.1. The van der Waals surface area contributed by atoms with Gasteiger partial charge in [0.25, 0.3) is 0 Å². The molecule has 2 heterocycles. The summed E-state index contributed by atoms with van der Waals surface area (Å²) in [5, 5.41) is 0. The molecular weight excluding hydrogens is 353 g/mol.